The maximum atomic E-state index is 12.8. The largest absolute Gasteiger partial charge is 0.342 e. The molecule has 31 heavy (non-hydrogen) atoms. The third-order valence-electron chi connectivity index (χ3n) is 5.62. The van der Waals surface area contributed by atoms with E-state index in [4.69, 9.17) is 16.6 Å². The molecule has 3 heterocycles. The van der Waals surface area contributed by atoms with Gasteiger partial charge in [0.15, 0.2) is 0 Å². The van der Waals surface area contributed by atoms with Gasteiger partial charge >= 0.3 is 0 Å². The number of aryl methyl sites for hydroxylation is 2. The van der Waals surface area contributed by atoms with Crippen molar-refractivity contribution in [2.45, 2.75) is 38.5 Å². The first-order valence-electron chi connectivity index (χ1n) is 10.6. The number of nitrogens with zero attached hydrogens (tertiary/aromatic N) is 4. The molecule has 6 nitrogen and oxygen atoms in total. The number of rotatable bonds is 6. The number of likely N-dealkylation sites (tertiary alicyclic amines) is 1. The summed E-state index contributed by atoms with van der Waals surface area (Å²) in [5, 5.41) is 3.96. The third-order valence-corrected chi connectivity index (χ3v) is 5.85. The molecule has 1 fully saturated rings. The molecule has 7 heteroatoms. The summed E-state index contributed by atoms with van der Waals surface area (Å²) in [5.74, 6) is 1.80. The minimum Gasteiger partial charge on any atom is -0.342 e. The third kappa shape index (κ3) is 5.58. The predicted octanol–water partition coefficient (Wildman–Crippen LogP) is 4.92. The number of nitrogens with one attached hydrogen (secondary N) is 1. The monoisotopic (exact) mass is 435 g/mol. The van der Waals surface area contributed by atoms with E-state index >= 15 is 0 Å². The van der Waals surface area contributed by atoms with Crippen LogP contribution in [0, 0.1) is 6.92 Å². The number of amides is 1. The Labute approximate surface area is 187 Å². The Bertz CT molecular complexity index is 1060. The van der Waals surface area contributed by atoms with E-state index in [0.29, 0.717) is 30.2 Å². The molecule has 0 spiro atoms. The number of aromatic nitrogens is 3. The highest BCUT2D eigenvalue weighted by Crippen LogP contribution is 2.27. The summed E-state index contributed by atoms with van der Waals surface area (Å²) in [4.78, 5) is 28.3. The highest BCUT2D eigenvalue weighted by atomic mass is 35.5. The molecule has 2 aromatic heterocycles. The number of pyridine rings is 1. The number of halogens is 1. The van der Waals surface area contributed by atoms with Crippen molar-refractivity contribution in [2.24, 2.45) is 0 Å². The summed E-state index contributed by atoms with van der Waals surface area (Å²) in [6, 6.07) is 11.6. The molecule has 160 valence electrons. The fraction of sp³-hybridized carbons (Fsp3) is 0.333. The van der Waals surface area contributed by atoms with E-state index in [2.05, 4.69) is 15.3 Å². The average Bonchev–Trinajstić information content (AvgIpc) is 2.79. The molecule has 1 atom stereocenters. The number of anilines is 2. The number of carbonyl (C=O) groups is 1. The summed E-state index contributed by atoms with van der Waals surface area (Å²) in [5.41, 5.74) is 3.04. The number of hydrogen-bond donors (Lipinski definition) is 1. The van der Waals surface area contributed by atoms with Crippen LogP contribution in [0.25, 0.3) is 0 Å². The molecule has 0 unspecified atom stereocenters. The quantitative estimate of drug-likeness (QED) is 0.595. The number of carbonyl (C=O) groups excluding carboxylic acids is 1. The molecule has 0 saturated carbocycles. The van der Waals surface area contributed by atoms with Gasteiger partial charge in [0, 0.05) is 42.8 Å². The molecule has 0 radical (unpaired) electrons. The average molecular weight is 436 g/mol. The SMILES string of the molecule is Cc1cccnc1Nc1cncc([C@H]2CCCN(C(=O)CCc3cccc(Cl)c3)C2)n1. The lowest BCUT2D eigenvalue weighted by Crippen LogP contribution is -2.39. The van der Waals surface area contributed by atoms with Gasteiger partial charge in [0.25, 0.3) is 0 Å². The van der Waals surface area contributed by atoms with Crippen molar-refractivity contribution in [3.8, 4) is 0 Å². The minimum absolute atomic E-state index is 0.177. The topological polar surface area (TPSA) is 71.0 Å². The van der Waals surface area contributed by atoms with Crippen LogP contribution in [0.15, 0.2) is 55.0 Å². The summed E-state index contributed by atoms with van der Waals surface area (Å²) in [6.07, 6.45) is 8.41. The van der Waals surface area contributed by atoms with E-state index in [1.54, 1.807) is 18.6 Å². The first-order valence-corrected chi connectivity index (χ1v) is 11.0. The zero-order valence-corrected chi connectivity index (χ0v) is 18.3. The van der Waals surface area contributed by atoms with Gasteiger partial charge in [0.05, 0.1) is 11.9 Å². The number of piperidine rings is 1. The maximum absolute atomic E-state index is 12.8. The standard InChI is InChI=1S/C24H26ClN5O/c1-17-5-3-11-27-24(17)29-22-15-26-14-21(28-22)19-7-4-12-30(16-19)23(31)10-9-18-6-2-8-20(25)13-18/h2-3,5-6,8,11,13-15,19H,4,7,9-10,12,16H2,1H3,(H,27,28,29)/t19-/m0/s1. The van der Waals surface area contributed by atoms with Crippen LogP contribution in [-0.2, 0) is 11.2 Å². The zero-order chi connectivity index (χ0) is 21.6. The lowest BCUT2D eigenvalue weighted by molar-refractivity contribution is -0.132. The normalized spacial score (nSPS) is 16.2. The van der Waals surface area contributed by atoms with Gasteiger partial charge in [-0.05, 0) is 55.5 Å². The van der Waals surface area contributed by atoms with Crippen molar-refractivity contribution in [3.63, 3.8) is 0 Å². The number of benzene rings is 1. The van der Waals surface area contributed by atoms with Gasteiger partial charge < -0.3 is 10.2 Å². The summed E-state index contributed by atoms with van der Waals surface area (Å²) < 4.78 is 0. The molecule has 1 N–H and O–H groups in total. The van der Waals surface area contributed by atoms with Crippen molar-refractivity contribution in [3.05, 3.63) is 76.8 Å². The molecule has 3 aromatic rings. The van der Waals surface area contributed by atoms with Gasteiger partial charge in [0.1, 0.15) is 11.6 Å². The van der Waals surface area contributed by atoms with Gasteiger partial charge in [-0.25, -0.2) is 9.97 Å². The Morgan fingerprint density at radius 3 is 3.00 bits per heavy atom. The fourth-order valence-corrected chi connectivity index (χ4v) is 4.14. The zero-order valence-electron chi connectivity index (χ0n) is 17.6. The van der Waals surface area contributed by atoms with Crippen LogP contribution >= 0.6 is 11.6 Å². The second-order valence-electron chi connectivity index (χ2n) is 7.93. The molecule has 0 bridgehead atoms. The first kappa shape index (κ1) is 21.2. The van der Waals surface area contributed by atoms with Crippen molar-refractivity contribution < 1.29 is 4.79 Å². The Morgan fingerprint density at radius 2 is 2.16 bits per heavy atom. The number of hydrogen-bond acceptors (Lipinski definition) is 5. The van der Waals surface area contributed by atoms with Crippen LogP contribution in [0.1, 0.15) is 42.0 Å². The molecule has 1 aliphatic heterocycles. The van der Waals surface area contributed by atoms with Gasteiger partial charge in [-0.1, -0.05) is 29.8 Å². The second kappa shape index (κ2) is 9.88. The van der Waals surface area contributed by atoms with E-state index in [9.17, 15) is 4.79 Å². The molecule has 0 aliphatic carbocycles. The molecule has 1 aliphatic rings. The van der Waals surface area contributed by atoms with Gasteiger partial charge in [-0.2, -0.15) is 0 Å². The van der Waals surface area contributed by atoms with Gasteiger partial charge in [-0.3, -0.25) is 9.78 Å². The summed E-state index contributed by atoms with van der Waals surface area (Å²) >= 11 is 6.05. The highest BCUT2D eigenvalue weighted by Gasteiger charge is 2.26. The molecule has 4 rings (SSSR count). The van der Waals surface area contributed by atoms with Crippen molar-refractivity contribution in [1.29, 1.82) is 0 Å². The maximum Gasteiger partial charge on any atom is 0.222 e. The van der Waals surface area contributed by atoms with E-state index in [1.165, 1.54) is 0 Å². The van der Waals surface area contributed by atoms with Crippen molar-refractivity contribution in [1.82, 2.24) is 19.9 Å². The van der Waals surface area contributed by atoms with E-state index in [-0.39, 0.29) is 11.8 Å². The summed E-state index contributed by atoms with van der Waals surface area (Å²) in [6.45, 7) is 3.47. The molecule has 1 aromatic carbocycles. The second-order valence-corrected chi connectivity index (χ2v) is 8.37. The molecule has 1 amide bonds. The van der Waals surface area contributed by atoms with E-state index < -0.39 is 0 Å². The first-order chi connectivity index (χ1) is 15.1. The van der Waals surface area contributed by atoms with Crippen LogP contribution in [0.3, 0.4) is 0 Å². The van der Waals surface area contributed by atoms with Crippen LogP contribution in [0.5, 0.6) is 0 Å². The minimum atomic E-state index is 0.177. The van der Waals surface area contributed by atoms with Crippen LogP contribution in [0.2, 0.25) is 5.02 Å². The van der Waals surface area contributed by atoms with Crippen LogP contribution in [0.4, 0.5) is 11.6 Å². The van der Waals surface area contributed by atoms with Crippen LogP contribution in [-0.4, -0.2) is 38.8 Å². The smallest absolute Gasteiger partial charge is 0.222 e. The predicted molar refractivity (Wildman–Crippen MR) is 123 cm³/mol. The Kier molecular flexibility index (Phi) is 6.77. The lowest BCUT2D eigenvalue weighted by Gasteiger charge is -2.32. The fourth-order valence-electron chi connectivity index (χ4n) is 3.92. The van der Waals surface area contributed by atoms with E-state index in [0.717, 1.165) is 42.0 Å². The highest BCUT2D eigenvalue weighted by molar-refractivity contribution is 6.30. The molecular formula is C24H26ClN5O. The van der Waals surface area contributed by atoms with Crippen molar-refractivity contribution in [2.75, 3.05) is 18.4 Å². The lowest BCUT2D eigenvalue weighted by atomic mass is 9.94. The molecule has 1 saturated heterocycles. The van der Waals surface area contributed by atoms with Crippen molar-refractivity contribution >= 4 is 29.1 Å². The Hall–Kier alpha value is -2.99. The van der Waals surface area contributed by atoms with Crippen LogP contribution < -0.4 is 5.32 Å². The Balaban J connectivity index is 1.39. The summed E-state index contributed by atoms with van der Waals surface area (Å²) in [7, 11) is 0. The van der Waals surface area contributed by atoms with Gasteiger partial charge in [-0.15, -0.1) is 0 Å². The van der Waals surface area contributed by atoms with Gasteiger partial charge in [0.2, 0.25) is 5.91 Å². The Morgan fingerprint density at radius 1 is 1.26 bits per heavy atom. The molecular weight excluding hydrogens is 410 g/mol. The van der Waals surface area contributed by atoms with E-state index in [1.807, 2.05) is 48.2 Å².